The van der Waals surface area contributed by atoms with Crippen molar-refractivity contribution in [1.29, 1.82) is 0 Å². The number of aromatic nitrogens is 2. The van der Waals surface area contributed by atoms with E-state index in [-0.39, 0.29) is 11.8 Å². The van der Waals surface area contributed by atoms with Gasteiger partial charge in [0.25, 0.3) is 0 Å². The van der Waals surface area contributed by atoms with Crippen molar-refractivity contribution in [2.24, 2.45) is 0 Å². The van der Waals surface area contributed by atoms with E-state index in [9.17, 15) is 0 Å². The number of hydrogen-bond acceptors (Lipinski definition) is 0. The number of hydrogen-bond donors (Lipinski definition) is 0. The summed E-state index contributed by atoms with van der Waals surface area (Å²) in [5.41, 5.74) is 15.9. The summed E-state index contributed by atoms with van der Waals surface area (Å²) in [5.74, 6) is 0.386. The Bertz CT molecular complexity index is 3690. The van der Waals surface area contributed by atoms with E-state index in [0.29, 0.717) is 0 Å². The maximum Gasteiger partial charge on any atom is 0.179 e. The molecule has 0 radical (unpaired) electrons. The molecule has 0 fully saturated rings. The van der Waals surface area contributed by atoms with Crippen LogP contribution in [0.3, 0.4) is 0 Å². The fraction of sp³-hybridized carbons (Fsp3) is 0.0323. The first-order chi connectivity index (χ1) is 32.3. The molecule has 0 saturated carbocycles. The minimum atomic E-state index is -2.82. The van der Waals surface area contributed by atoms with E-state index in [1.54, 1.807) is 0 Å². The Morgan fingerprint density at radius 3 is 1.40 bits per heavy atom. The molecular weight excluding hydrogens is 801 g/mol. The Hall–Kier alpha value is -7.98. The molecule has 65 heavy (non-hydrogen) atoms. The quantitative estimate of drug-likeness (QED) is 0.117. The van der Waals surface area contributed by atoms with Crippen LogP contribution in [0.4, 0.5) is 0 Å². The van der Waals surface area contributed by atoms with Crippen molar-refractivity contribution in [3.63, 3.8) is 0 Å². The van der Waals surface area contributed by atoms with Crippen molar-refractivity contribution in [2.75, 3.05) is 0 Å². The second kappa shape index (κ2) is 14.0. The van der Waals surface area contributed by atoms with Gasteiger partial charge in [0.1, 0.15) is 0 Å². The Balaban J connectivity index is 1.08. The lowest BCUT2D eigenvalue weighted by Gasteiger charge is -2.42. The summed E-state index contributed by atoms with van der Waals surface area (Å²) in [6.07, 6.45) is 0. The van der Waals surface area contributed by atoms with E-state index in [1.807, 2.05) is 0 Å². The Kier molecular flexibility index (Phi) is 7.87. The number of fused-ring (bicyclic) bond motifs is 6. The molecule has 3 aliphatic carbocycles. The summed E-state index contributed by atoms with van der Waals surface area (Å²) in [6.45, 7) is 0. The van der Waals surface area contributed by atoms with Crippen LogP contribution < -0.4 is 20.7 Å². The molecule has 0 spiro atoms. The van der Waals surface area contributed by atoms with Gasteiger partial charge in [-0.1, -0.05) is 200 Å². The van der Waals surface area contributed by atoms with Crippen LogP contribution in [0.25, 0.3) is 55.0 Å². The van der Waals surface area contributed by atoms with Gasteiger partial charge in [-0.15, -0.1) is 0 Å². The molecule has 0 unspecified atom stereocenters. The molecule has 3 heteroatoms. The highest BCUT2D eigenvalue weighted by molar-refractivity contribution is 7.20. The monoisotopic (exact) mass is 842 g/mol. The summed E-state index contributed by atoms with van der Waals surface area (Å²) in [4.78, 5) is 0. The molecule has 0 atom stereocenters. The molecule has 0 aliphatic heterocycles. The van der Waals surface area contributed by atoms with Crippen LogP contribution in [-0.2, 0) is 0 Å². The van der Waals surface area contributed by atoms with Crippen LogP contribution >= 0.6 is 0 Å². The topological polar surface area (TPSA) is 9.86 Å². The lowest BCUT2D eigenvalue weighted by molar-refractivity contribution is 0.761. The van der Waals surface area contributed by atoms with Gasteiger partial charge in [-0.25, -0.2) is 0 Å². The molecule has 15 rings (SSSR count). The zero-order chi connectivity index (χ0) is 42.6. The maximum atomic E-state index is 2.58. The number of nitrogens with zero attached hydrogens (tertiary/aromatic N) is 2. The SMILES string of the molecule is c1ccc(-n2c3cc([Si](c4ccccc4)(c4ccccc4)c4ccccc4)ccc3c3c(-n4c5ccccc5c5c6c(ccc54)C4c5ccccc5C6c5ccccc54)cccc32)cc1. The van der Waals surface area contributed by atoms with E-state index in [1.165, 1.54) is 103 Å². The van der Waals surface area contributed by atoms with Gasteiger partial charge >= 0.3 is 0 Å². The highest BCUT2D eigenvalue weighted by Gasteiger charge is 2.44. The molecule has 2 bridgehead atoms. The Labute approximate surface area is 378 Å². The molecule has 304 valence electrons. The highest BCUT2D eigenvalue weighted by Crippen LogP contribution is 2.58. The first kappa shape index (κ1) is 36.5. The van der Waals surface area contributed by atoms with Crippen LogP contribution in [0.1, 0.15) is 45.2 Å². The van der Waals surface area contributed by atoms with Crippen LogP contribution in [0.2, 0.25) is 0 Å². The summed E-state index contributed by atoms with van der Waals surface area (Å²) < 4.78 is 5.09. The maximum absolute atomic E-state index is 2.82. The minimum absolute atomic E-state index is 0.169. The van der Waals surface area contributed by atoms with Crippen molar-refractivity contribution in [3.8, 4) is 11.4 Å². The zero-order valence-electron chi connectivity index (χ0n) is 35.6. The lowest BCUT2D eigenvalue weighted by atomic mass is 9.60. The third-order valence-electron chi connectivity index (χ3n) is 14.8. The first-order valence-corrected chi connectivity index (χ1v) is 24.8. The fourth-order valence-corrected chi connectivity index (χ4v) is 17.1. The van der Waals surface area contributed by atoms with Gasteiger partial charge in [0.2, 0.25) is 0 Å². The predicted octanol–water partition coefficient (Wildman–Crippen LogP) is 12.2. The van der Waals surface area contributed by atoms with Crippen LogP contribution in [0, 0.1) is 0 Å². The smallest absolute Gasteiger partial charge is 0.179 e. The molecule has 2 heterocycles. The van der Waals surface area contributed by atoms with Gasteiger partial charge in [-0.05, 0) is 96.6 Å². The molecule has 12 aromatic rings. The van der Waals surface area contributed by atoms with E-state index in [2.05, 4.69) is 252 Å². The standard InChI is InChI=1S/C62H42N2Si/c1-5-20-41(21-6-1)63-54-34-19-35-55(60(54)51-37-36-45(40-57(51)63)65(42-22-7-2-8-23-42,43-24-9-3-10-25-43)44-26-11-4-12-27-44)64-53-33-18-17-32-50(53)61-56(64)39-38-52-58-46-28-13-15-30-48(46)59(62(52)61)49-31-16-14-29-47(49)58/h1-40,58-59H. The molecule has 3 aliphatic rings. The van der Waals surface area contributed by atoms with Crippen LogP contribution in [0.5, 0.6) is 0 Å². The first-order valence-electron chi connectivity index (χ1n) is 22.8. The third-order valence-corrected chi connectivity index (χ3v) is 19.6. The van der Waals surface area contributed by atoms with Crippen LogP contribution in [0.15, 0.2) is 243 Å². The second-order valence-electron chi connectivity index (χ2n) is 17.9. The van der Waals surface area contributed by atoms with Crippen molar-refractivity contribution in [1.82, 2.24) is 9.13 Å². The van der Waals surface area contributed by atoms with Crippen molar-refractivity contribution in [2.45, 2.75) is 11.8 Å². The van der Waals surface area contributed by atoms with E-state index >= 15 is 0 Å². The number of rotatable bonds is 6. The third kappa shape index (κ3) is 4.99. The largest absolute Gasteiger partial charge is 0.309 e. The minimum Gasteiger partial charge on any atom is -0.309 e. The van der Waals surface area contributed by atoms with Crippen molar-refractivity contribution < 1.29 is 0 Å². The van der Waals surface area contributed by atoms with Gasteiger partial charge < -0.3 is 9.13 Å². The molecule has 2 nitrogen and oxygen atoms in total. The normalized spacial score (nSPS) is 15.1. The van der Waals surface area contributed by atoms with E-state index in [0.717, 1.165) is 5.69 Å². The lowest BCUT2D eigenvalue weighted by Crippen LogP contribution is -2.74. The predicted molar refractivity (Wildman–Crippen MR) is 274 cm³/mol. The van der Waals surface area contributed by atoms with Gasteiger partial charge in [0.15, 0.2) is 8.07 Å². The molecule has 2 aromatic heterocycles. The molecule has 10 aromatic carbocycles. The van der Waals surface area contributed by atoms with E-state index < -0.39 is 8.07 Å². The molecule has 0 saturated heterocycles. The Morgan fingerprint density at radius 1 is 0.292 bits per heavy atom. The zero-order valence-corrected chi connectivity index (χ0v) is 36.6. The van der Waals surface area contributed by atoms with E-state index in [4.69, 9.17) is 0 Å². The highest BCUT2D eigenvalue weighted by atomic mass is 28.3. The fourth-order valence-electron chi connectivity index (χ4n) is 12.4. The van der Waals surface area contributed by atoms with Crippen molar-refractivity contribution >= 4 is 72.4 Å². The summed E-state index contributed by atoms with van der Waals surface area (Å²) in [6, 6.07) is 91.5. The second-order valence-corrected chi connectivity index (χ2v) is 21.7. The summed E-state index contributed by atoms with van der Waals surface area (Å²) in [5, 5.41) is 10.6. The summed E-state index contributed by atoms with van der Waals surface area (Å²) in [7, 11) is -2.82. The van der Waals surface area contributed by atoms with Gasteiger partial charge in [0, 0.05) is 39.1 Å². The van der Waals surface area contributed by atoms with Gasteiger partial charge in [-0.2, -0.15) is 0 Å². The van der Waals surface area contributed by atoms with Gasteiger partial charge in [0.05, 0.1) is 27.8 Å². The number of para-hydroxylation sites is 2. The number of benzene rings is 10. The van der Waals surface area contributed by atoms with Crippen molar-refractivity contribution in [3.05, 3.63) is 276 Å². The molecular formula is C62H42N2Si. The molecule has 0 amide bonds. The average molecular weight is 843 g/mol. The average Bonchev–Trinajstić information content (AvgIpc) is 3.91. The Morgan fingerprint density at radius 2 is 0.785 bits per heavy atom. The summed E-state index contributed by atoms with van der Waals surface area (Å²) >= 11 is 0. The van der Waals surface area contributed by atoms with Crippen LogP contribution in [-0.4, -0.2) is 17.2 Å². The van der Waals surface area contributed by atoms with Gasteiger partial charge in [-0.3, -0.25) is 0 Å². The molecule has 0 N–H and O–H groups in total.